The van der Waals surface area contributed by atoms with Crippen molar-refractivity contribution in [2.45, 2.75) is 0 Å². The first kappa shape index (κ1) is 4.94. The molecule has 0 aliphatic heterocycles. The van der Waals surface area contributed by atoms with Gasteiger partial charge in [-0.15, -0.1) is 0 Å². The molecule has 0 atom stereocenters. The van der Waals surface area contributed by atoms with E-state index >= 15 is 0 Å². The van der Waals surface area contributed by atoms with Crippen LogP contribution in [-0.4, -0.2) is 17.6 Å². The molecule has 0 unspecified atom stereocenters. The number of nitrogens with zero attached hydrogens (tertiary/aromatic N) is 2. The predicted molar refractivity (Wildman–Crippen MR) is 23.0 cm³/mol. The molecule has 4 heteroatoms. The van der Waals surface area contributed by atoms with Crippen LogP contribution in [0.5, 0.6) is 0 Å². The first-order valence-electron chi connectivity index (χ1n) is 1.31. The number of hydrazone groups is 1. The fourth-order valence-electron chi connectivity index (χ4n) is 0.0683. The Kier molecular flexibility index (Phi) is 3.24. The molecule has 0 saturated heterocycles. The van der Waals surface area contributed by atoms with Gasteiger partial charge in [0.2, 0.25) is 0 Å². The highest BCUT2D eigenvalue weighted by atomic mass is 16.4. The Bertz CT molecular complexity index is 57.2. The van der Waals surface area contributed by atoms with E-state index in [-0.39, 0.29) is 0 Å². The van der Waals surface area contributed by atoms with Crippen molar-refractivity contribution in [1.82, 2.24) is 0 Å². The van der Waals surface area contributed by atoms with E-state index in [2.05, 4.69) is 16.1 Å². The van der Waals surface area contributed by atoms with Crippen LogP contribution in [0.25, 0.3) is 0 Å². The Labute approximate surface area is 35.0 Å². The van der Waals surface area contributed by atoms with Crippen molar-refractivity contribution < 1.29 is 5.21 Å². The van der Waals surface area contributed by atoms with Gasteiger partial charge in [0.1, 0.15) is 0 Å². The van der Waals surface area contributed by atoms with Gasteiger partial charge in [0, 0.05) is 0 Å². The number of oxime groups is 1. The Balaban J connectivity index is 3.07. The molecule has 0 spiro atoms. The average molecular weight is 87.1 g/mol. The molecule has 0 aliphatic carbocycles. The van der Waals surface area contributed by atoms with Crippen LogP contribution in [0.4, 0.5) is 0 Å². The summed E-state index contributed by atoms with van der Waals surface area (Å²) in [5.74, 6) is 4.58. The Morgan fingerprint density at radius 3 is 2.33 bits per heavy atom. The zero-order chi connectivity index (χ0) is 4.83. The number of hydrogen-bond donors (Lipinski definition) is 2. The van der Waals surface area contributed by atoms with Crippen LogP contribution in [0.2, 0.25) is 0 Å². The molecule has 0 aromatic rings. The van der Waals surface area contributed by atoms with E-state index in [9.17, 15) is 0 Å². The highest BCUT2D eigenvalue weighted by Crippen LogP contribution is 1.42. The normalized spacial score (nSPS) is 11.3. The number of nitrogens with two attached hydrogens (primary N) is 1. The van der Waals surface area contributed by atoms with Crippen molar-refractivity contribution in [3.63, 3.8) is 0 Å². The maximum atomic E-state index is 7.62. The fraction of sp³-hybridized carbons (Fsp3) is 0. The largest absolute Gasteiger partial charge is 0.411 e. The lowest BCUT2D eigenvalue weighted by molar-refractivity contribution is 0.322. The molecule has 4 nitrogen and oxygen atoms in total. The van der Waals surface area contributed by atoms with E-state index in [4.69, 9.17) is 5.21 Å². The number of rotatable bonds is 1. The molecule has 0 rings (SSSR count). The van der Waals surface area contributed by atoms with Crippen LogP contribution < -0.4 is 5.84 Å². The number of hydrogen-bond acceptors (Lipinski definition) is 4. The molecule has 34 valence electrons. The van der Waals surface area contributed by atoms with Crippen molar-refractivity contribution in [2.24, 2.45) is 16.1 Å². The van der Waals surface area contributed by atoms with Gasteiger partial charge < -0.3 is 11.0 Å². The smallest absolute Gasteiger partial charge is 0.0861 e. The molecule has 0 bridgehead atoms. The van der Waals surface area contributed by atoms with E-state index in [1.54, 1.807) is 0 Å². The summed E-state index contributed by atoms with van der Waals surface area (Å²) in [6, 6.07) is 0. The Morgan fingerprint density at radius 1 is 1.50 bits per heavy atom. The van der Waals surface area contributed by atoms with Gasteiger partial charge in [-0.25, -0.2) is 0 Å². The maximum Gasteiger partial charge on any atom is 0.0861 e. The van der Waals surface area contributed by atoms with Gasteiger partial charge >= 0.3 is 0 Å². The lowest BCUT2D eigenvalue weighted by Gasteiger charge is -1.63. The standard InChI is InChI=1S/C2H5N3O/c3-4-1-2-5-6/h1-2,6H,3H2. The van der Waals surface area contributed by atoms with Crippen molar-refractivity contribution >= 4 is 12.4 Å². The minimum atomic E-state index is 1.07. The minimum Gasteiger partial charge on any atom is -0.411 e. The van der Waals surface area contributed by atoms with Gasteiger partial charge in [0.25, 0.3) is 0 Å². The lowest BCUT2D eigenvalue weighted by Crippen LogP contribution is -1.81. The van der Waals surface area contributed by atoms with Crippen LogP contribution in [-0.2, 0) is 0 Å². The molecule has 6 heavy (non-hydrogen) atoms. The first-order chi connectivity index (χ1) is 2.91. The molecular weight excluding hydrogens is 82.0 g/mol. The molecule has 3 N–H and O–H groups in total. The minimum absolute atomic E-state index is 1.07. The summed E-state index contributed by atoms with van der Waals surface area (Å²) in [7, 11) is 0. The third-order valence-electron chi connectivity index (χ3n) is 0.219. The van der Waals surface area contributed by atoms with Crippen molar-refractivity contribution in [1.29, 1.82) is 0 Å². The summed E-state index contributed by atoms with van der Waals surface area (Å²) in [5, 5.41) is 13.2. The third-order valence-corrected chi connectivity index (χ3v) is 0.219. The zero-order valence-electron chi connectivity index (χ0n) is 3.07. The van der Waals surface area contributed by atoms with Crippen molar-refractivity contribution in [3.05, 3.63) is 0 Å². The summed E-state index contributed by atoms with van der Waals surface area (Å²) in [6.45, 7) is 0. The fourth-order valence-corrected chi connectivity index (χ4v) is 0.0683. The van der Waals surface area contributed by atoms with Gasteiger partial charge in [-0.2, -0.15) is 5.10 Å². The van der Waals surface area contributed by atoms with E-state index < -0.39 is 0 Å². The topological polar surface area (TPSA) is 71.0 Å². The zero-order valence-corrected chi connectivity index (χ0v) is 3.07. The van der Waals surface area contributed by atoms with Gasteiger partial charge in [-0.3, -0.25) is 0 Å². The SMILES string of the molecule is NN=CC=NO. The molecule has 0 radical (unpaired) electrons. The van der Waals surface area contributed by atoms with Gasteiger partial charge in [-0.1, -0.05) is 5.16 Å². The molecule has 0 aromatic carbocycles. The second kappa shape index (κ2) is 3.94. The van der Waals surface area contributed by atoms with Crippen LogP contribution in [0.1, 0.15) is 0 Å². The second-order valence-electron chi connectivity index (χ2n) is 0.563. The summed E-state index contributed by atoms with van der Waals surface area (Å²) < 4.78 is 0. The Hall–Kier alpha value is -1.06. The van der Waals surface area contributed by atoms with Crippen LogP contribution >= 0.6 is 0 Å². The lowest BCUT2D eigenvalue weighted by atomic mass is 10.8. The van der Waals surface area contributed by atoms with Crippen LogP contribution in [0.15, 0.2) is 10.3 Å². The summed E-state index contributed by atoms with van der Waals surface area (Å²) in [4.78, 5) is 0. The molecule has 0 aromatic heterocycles. The van der Waals surface area contributed by atoms with Crippen LogP contribution in [0, 0.1) is 0 Å². The second-order valence-corrected chi connectivity index (χ2v) is 0.563. The summed E-state index contributed by atoms with van der Waals surface area (Å²) in [6.07, 6.45) is 2.24. The maximum absolute atomic E-state index is 7.62. The van der Waals surface area contributed by atoms with Crippen molar-refractivity contribution in [2.75, 3.05) is 0 Å². The van der Waals surface area contributed by atoms with E-state index in [1.807, 2.05) is 0 Å². The van der Waals surface area contributed by atoms with Crippen molar-refractivity contribution in [3.8, 4) is 0 Å². The average Bonchev–Trinajstić information content (AvgIpc) is 1.61. The molecular formula is C2H5N3O. The highest BCUT2D eigenvalue weighted by Gasteiger charge is 1.52. The third kappa shape index (κ3) is 2.94. The van der Waals surface area contributed by atoms with Gasteiger partial charge in [0.05, 0.1) is 12.4 Å². The highest BCUT2D eigenvalue weighted by molar-refractivity contribution is 6.15. The molecule has 0 saturated carbocycles. The summed E-state index contributed by atoms with van der Waals surface area (Å²) >= 11 is 0. The van der Waals surface area contributed by atoms with Gasteiger partial charge in [-0.05, 0) is 0 Å². The molecule has 0 fully saturated rings. The van der Waals surface area contributed by atoms with Gasteiger partial charge in [0.15, 0.2) is 0 Å². The summed E-state index contributed by atoms with van der Waals surface area (Å²) in [5.41, 5.74) is 0. The molecule has 0 aliphatic rings. The molecule has 0 amide bonds. The monoisotopic (exact) mass is 87.0 g/mol. The molecule has 0 heterocycles. The van der Waals surface area contributed by atoms with Crippen LogP contribution in [0.3, 0.4) is 0 Å². The predicted octanol–water partition coefficient (Wildman–Crippen LogP) is -0.609. The van der Waals surface area contributed by atoms with E-state index in [0.717, 1.165) is 6.21 Å². The Morgan fingerprint density at radius 2 is 2.17 bits per heavy atom. The first-order valence-corrected chi connectivity index (χ1v) is 1.31. The quantitative estimate of drug-likeness (QED) is 0.194. The van der Waals surface area contributed by atoms with E-state index in [1.165, 1.54) is 6.21 Å². The van der Waals surface area contributed by atoms with E-state index in [0.29, 0.717) is 0 Å².